The number of carbonyl (C=O) groups is 1. The second-order valence-corrected chi connectivity index (χ2v) is 8.16. The lowest BCUT2D eigenvalue weighted by Crippen LogP contribution is -2.49. The van der Waals surface area contributed by atoms with Crippen LogP contribution in [0.5, 0.6) is 0 Å². The quantitative estimate of drug-likeness (QED) is 0.610. The molecule has 0 aromatic heterocycles. The molecule has 0 aromatic carbocycles. The fourth-order valence-electron chi connectivity index (χ4n) is 6.06. The molecule has 2 nitrogen and oxygen atoms in total. The second kappa shape index (κ2) is 4.11. The lowest BCUT2D eigenvalue weighted by Gasteiger charge is -2.55. The van der Waals surface area contributed by atoms with Crippen LogP contribution in [0.3, 0.4) is 0 Å². The zero-order valence-corrected chi connectivity index (χ0v) is 12.8. The highest BCUT2D eigenvalue weighted by molar-refractivity contribution is 5.72. The Kier molecular flexibility index (Phi) is 2.66. The summed E-state index contributed by atoms with van der Waals surface area (Å²) in [6.45, 7) is 4.89. The third-order valence-corrected chi connectivity index (χ3v) is 7.25. The lowest BCUT2D eigenvalue weighted by atomic mass is 9.50. The van der Waals surface area contributed by atoms with Crippen LogP contribution < -0.4 is 0 Å². The minimum atomic E-state index is -0.0197. The smallest absolute Gasteiger partial charge is 0.310 e. The van der Waals surface area contributed by atoms with E-state index in [4.69, 9.17) is 4.74 Å². The molecule has 0 N–H and O–H groups in total. The molecule has 4 aliphatic rings. The Bertz CT molecular complexity index is 480. The predicted octanol–water partition coefficient (Wildman–Crippen LogP) is 4.45. The number of hydrogen-bond acceptors (Lipinski definition) is 2. The fourth-order valence-corrected chi connectivity index (χ4v) is 6.06. The highest BCUT2D eigenvalue weighted by atomic mass is 16.5. The molecule has 20 heavy (non-hydrogen) atoms. The van der Waals surface area contributed by atoms with Crippen LogP contribution in [0.1, 0.15) is 65.2 Å². The maximum atomic E-state index is 11.6. The Morgan fingerprint density at radius 2 is 2.00 bits per heavy atom. The van der Waals surface area contributed by atoms with E-state index < -0.39 is 0 Å². The summed E-state index contributed by atoms with van der Waals surface area (Å²) in [6, 6.07) is 0. The number of esters is 1. The van der Waals surface area contributed by atoms with Crippen molar-refractivity contribution in [3.8, 4) is 0 Å². The van der Waals surface area contributed by atoms with Crippen LogP contribution in [-0.4, -0.2) is 5.97 Å². The van der Waals surface area contributed by atoms with Gasteiger partial charge >= 0.3 is 5.97 Å². The molecule has 3 fully saturated rings. The van der Waals surface area contributed by atoms with Crippen molar-refractivity contribution in [2.24, 2.45) is 28.6 Å². The summed E-state index contributed by atoms with van der Waals surface area (Å²) in [5.74, 6) is 3.48. The van der Waals surface area contributed by atoms with Crippen LogP contribution in [0.4, 0.5) is 0 Å². The standard InChI is InChI=1S/C18H26O2/c1-17-9-3-4-13(17)12-5-6-15-18(2,14(12)7-10-17)11-8-16(19)20-15/h6,12-14H,3-5,7-11H2,1-2H3. The van der Waals surface area contributed by atoms with Gasteiger partial charge in [0.25, 0.3) is 0 Å². The van der Waals surface area contributed by atoms with Crippen molar-refractivity contribution in [1.82, 2.24) is 0 Å². The molecule has 0 aromatic rings. The molecule has 1 aliphatic heterocycles. The zero-order valence-electron chi connectivity index (χ0n) is 12.8. The van der Waals surface area contributed by atoms with E-state index in [0.717, 1.165) is 36.4 Å². The highest BCUT2D eigenvalue weighted by Crippen LogP contribution is 2.64. The first-order valence-corrected chi connectivity index (χ1v) is 8.44. The van der Waals surface area contributed by atoms with E-state index in [9.17, 15) is 4.79 Å². The lowest BCUT2D eigenvalue weighted by molar-refractivity contribution is -0.151. The molecule has 0 amide bonds. The van der Waals surface area contributed by atoms with E-state index >= 15 is 0 Å². The average molecular weight is 274 g/mol. The number of hydrogen-bond donors (Lipinski definition) is 0. The van der Waals surface area contributed by atoms with E-state index in [0.29, 0.717) is 11.8 Å². The van der Waals surface area contributed by atoms with Gasteiger partial charge in [-0.15, -0.1) is 0 Å². The molecule has 2 heteroatoms. The molecule has 0 spiro atoms. The molecule has 4 rings (SSSR count). The van der Waals surface area contributed by atoms with Crippen LogP contribution in [0.15, 0.2) is 11.8 Å². The molecule has 0 radical (unpaired) electrons. The van der Waals surface area contributed by atoms with Crippen LogP contribution in [0.25, 0.3) is 0 Å². The average Bonchev–Trinajstić information content (AvgIpc) is 2.81. The Morgan fingerprint density at radius 1 is 1.15 bits per heavy atom. The van der Waals surface area contributed by atoms with E-state index in [-0.39, 0.29) is 11.4 Å². The summed E-state index contributed by atoms with van der Waals surface area (Å²) in [5, 5.41) is 0. The van der Waals surface area contributed by atoms with E-state index in [2.05, 4.69) is 19.9 Å². The molecule has 110 valence electrons. The molecule has 1 saturated heterocycles. The molecule has 1 heterocycles. The maximum Gasteiger partial charge on any atom is 0.310 e. The Balaban J connectivity index is 1.70. The first-order chi connectivity index (χ1) is 9.53. The molecule has 5 atom stereocenters. The second-order valence-electron chi connectivity index (χ2n) is 8.16. The van der Waals surface area contributed by atoms with Crippen LogP contribution in [0, 0.1) is 28.6 Å². The summed E-state index contributed by atoms with van der Waals surface area (Å²) in [4.78, 5) is 11.6. The van der Waals surface area contributed by atoms with E-state index in [1.54, 1.807) is 0 Å². The van der Waals surface area contributed by atoms with Gasteiger partial charge in [-0.25, -0.2) is 0 Å². The van der Waals surface area contributed by atoms with Gasteiger partial charge in [0.2, 0.25) is 0 Å². The zero-order chi connectivity index (χ0) is 14.0. The van der Waals surface area contributed by atoms with Gasteiger partial charge in [-0.1, -0.05) is 20.3 Å². The normalized spacial score (nSPS) is 50.6. The van der Waals surface area contributed by atoms with Gasteiger partial charge in [-0.05, 0) is 67.8 Å². The first-order valence-electron chi connectivity index (χ1n) is 8.44. The van der Waals surface area contributed by atoms with Crippen molar-refractivity contribution in [2.75, 3.05) is 0 Å². The summed E-state index contributed by atoms with van der Waals surface area (Å²) in [6.07, 6.45) is 12.0. The minimum absolute atomic E-state index is 0.0197. The van der Waals surface area contributed by atoms with Gasteiger partial charge in [0.1, 0.15) is 5.76 Å². The Morgan fingerprint density at radius 3 is 2.85 bits per heavy atom. The molecule has 3 aliphatic carbocycles. The maximum absolute atomic E-state index is 11.6. The van der Waals surface area contributed by atoms with Crippen LogP contribution in [-0.2, 0) is 9.53 Å². The van der Waals surface area contributed by atoms with E-state index in [1.807, 2.05) is 0 Å². The number of ether oxygens (including phenoxy) is 1. The summed E-state index contributed by atoms with van der Waals surface area (Å²) in [5.41, 5.74) is 0.745. The third kappa shape index (κ3) is 1.60. The number of fused-ring (bicyclic) bond motifs is 5. The van der Waals surface area contributed by atoms with Crippen molar-refractivity contribution in [1.29, 1.82) is 0 Å². The van der Waals surface area contributed by atoms with Crippen molar-refractivity contribution in [3.05, 3.63) is 11.8 Å². The molecular weight excluding hydrogens is 248 g/mol. The van der Waals surface area contributed by atoms with Crippen molar-refractivity contribution >= 4 is 5.97 Å². The van der Waals surface area contributed by atoms with E-state index in [1.165, 1.54) is 32.1 Å². The monoisotopic (exact) mass is 274 g/mol. The third-order valence-electron chi connectivity index (χ3n) is 7.25. The molecule has 0 bridgehead atoms. The van der Waals surface area contributed by atoms with Crippen molar-refractivity contribution in [2.45, 2.75) is 65.2 Å². The summed E-state index contributed by atoms with van der Waals surface area (Å²) >= 11 is 0. The van der Waals surface area contributed by atoms with Gasteiger partial charge in [0, 0.05) is 11.8 Å². The van der Waals surface area contributed by atoms with Crippen LogP contribution >= 0.6 is 0 Å². The van der Waals surface area contributed by atoms with Crippen molar-refractivity contribution in [3.63, 3.8) is 0 Å². The summed E-state index contributed by atoms with van der Waals surface area (Å²) in [7, 11) is 0. The number of rotatable bonds is 0. The molecule has 5 unspecified atom stereocenters. The molecular formula is C18H26O2. The minimum Gasteiger partial charge on any atom is -0.431 e. The Labute approximate surface area is 122 Å². The van der Waals surface area contributed by atoms with Gasteiger partial charge in [-0.3, -0.25) is 4.79 Å². The first kappa shape index (κ1) is 12.9. The largest absolute Gasteiger partial charge is 0.431 e. The number of carbonyl (C=O) groups excluding carboxylic acids is 1. The SMILES string of the molecule is CC12CCCC1C1CC=C3OC(=O)CCC3(C)C1CC2. The van der Waals surface area contributed by atoms with Crippen LogP contribution in [0.2, 0.25) is 0 Å². The van der Waals surface area contributed by atoms with Gasteiger partial charge in [0.05, 0.1) is 0 Å². The highest BCUT2D eigenvalue weighted by Gasteiger charge is 2.56. The van der Waals surface area contributed by atoms with Gasteiger partial charge in [-0.2, -0.15) is 0 Å². The van der Waals surface area contributed by atoms with Crippen molar-refractivity contribution < 1.29 is 9.53 Å². The fraction of sp³-hybridized carbons (Fsp3) is 0.833. The van der Waals surface area contributed by atoms with Gasteiger partial charge < -0.3 is 4.74 Å². The van der Waals surface area contributed by atoms with Gasteiger partial charge in [0.15, 0.2) is 0 Å². The number of allylic oxidation sites excluding steroid dienone is 2. The summed E-state index contributed by atoms with van der Waals surface area (Å²) < 4.78 is 5.60. The Hall–Kier alpha value is -0.790. The predicted molar refractivity (Wildman–Crippen MR) is 77.8 cm³/mol. The molecule has 2 saturated carbocycles. The topological polar surface area (TPSA) is 26.3 Å².